The van der Waals surface area contributed by atoms with E-state index in [1.54, 1.807) is 6.26 Å². The molecular weight excluding hydrogens is 266 g/mol. The number of hydrogen-bond donors (Lipinski definition) is 1. The molecule has 2 aliphatic heterocycles. The third kappa shape index (κ3) is 3.45. The van der Waals surface area contributed by atoms with E-state index >= 15 is 0 Å². The molecule has 4 nitrogen and oxygen atoms in total. The van der Waals surface area contributed by atoms with E-state index in [1.165, 1.54) is 5.56 Å². The molecule has 1 amide bonds. The van der Waals surface area contributed by atoms with E-state index in [-0.39, 0.29) is 12.0 Å². The Kier molecular flexibility index (Phi) is 4.55. The summed E-state index contributed by atoms with van der Waals surface area (Å²) in [5, 5.41) is 3.03. The molecule has 1 aromatic carbocycles. The molecule has 1 aromatic rings. The third-order valence-corrected chi connectivity index (χ3v) is 4.09. The maximum absolute atomic E-state index is 12.1. The summed E-state index contributed by atoms with van der Waals surface area (Å²) in [4.78, 5) is 12.1. The monoisotopic (exact) mass is 287 g/mol. The fourth-order valence-corrected chi connectivity index (χ4v) is 2.92. The van der Waals surface area contributed by atoms with Crippen LogP contribution in [-0.4, -0.2) is 25.7 Å². The fourth-order valence-electron chi connectivity index (χ4n) is 2.92. The summed E-state index contributed by atoms with van der Waals surface area (Å²) in [5.41, 5.74) is 1.94. The second-order valence-electron chi connectivity index (χ2n) is 5.58. The van der Waals surface area contributed by atoms with Gasteiger partial charge in [0.05, 0.1) is 24.5 Å². The molecule has 0 spiro atoms. The van der Waals surface area contributed by atoms with E-state index in [9.17, 15) is 4.79 Å². The van der Waals surface area contributed by atoms with Gasteiger partial charge in [0.1, 0.15) is 0 Å². The van der Waals surface area contributed by atoms with E-state index in [4.69, 9.17) is 9.47 Å². The number of carbonyl (C=O) groups is 1. The lowest BCUT2D eigenvalue weighted by molar-refractivity contribution is -0.118. The molecule has 1 fully saturated rings. The van der Waals surface area contributed by atoms with Crippen LogP contribution in [0, 0.1) is 5.92 Å². The summed E-state index contributed by atoms with van der Waals surface area (Å²) < 4.78 is 11.1. The van der Waals surface area contributed by atoms with Crippen LogP contribution in [-0.2, 0) is 14.3 Å². The van der Waals surface area contributed by atoms with Crippen molar-refractivity contribution in [3.05, 3.63) is 47.7 Å². The van der Waals surface area contributed by atoms with Crippen molar-refractivity contribution in [2.24, 2.45) is 5.92 Å². The Morgan fingerprint density at radius 2 is 2.10 bits per heavy atom. The number of rotatable bonds is 4. The first-order chi connectivity index (χ1) is 10.3. The van der Waals surface area contributed by atoms with Crippen molar-refractivity contribution in [1.29, 1.82) is 0 Å². The number of carbonyl (C=O) groups excluding carboxylic acids is 1. The minimum absolute atomic E-state index is 0.00610. The molecule has 0 aliphatic carbocycles. The quantitative estimate of drug-likeness (QED) is 0.926. The summed E-state index contributed by atoms with van der Waals surface area (Å²) in [6.45, 7) is 2.12. The molecule has 2 aliphatic rings. The van der Waals surface area contributed by atoms with Crippen molar-refractivity contribution < 1.29 is 14.3 Å². The predicted octanol–water partition coefficient (Wildman–Crippen LogP) is 2.57. The molecule has 2 atom stereocenters. The average Bonchev–Trinajstić information content (AvgIpc) is 3.03. The zero-order valence-corrected chi connectivity index (χ0v) is 12.1. The molecule has 4 heteroatoms. The number of benzene rings is 1. The van der Waals surface area contributed by atoms with Crippen molar-refractivity contribution in [2.45, 2.75) is 25.4 Å². The third-order valence-electron chi connectivity index (χ3n) is 4.09. The average molecular weight is 287 g/mol. The highest BCUT2D eigenvalue weighted by molar-refractivity contribution is 5.93. The van der Waals surface area contributed by atoms with Crippen LogP contribution in [0.2, 0.25) is 0 Å². The highest BCUT2D eigenvalue weighted by Gasteiger charge is 2.30. The van der Waals surface area contributed by atoms with Gasteiger partial charge in [-0.2, -0.15) is 0 Å². The standard InChI is InChI=1S/C17H21NO3/c19-17(15-7-4-9-20-12-15)18-11-14-8-10-21-16(14)13-5-2-1-3-6-13/h1-3,5-6,12,14,16H,4,7-11H2,(H,18,19)/t14-,16-/m1/s1. The topological polar surface area (TPSA) is 47.6 Å². The van der Waals surface area contributed by atoms with Gasteiger partial charge in [0.25, 0.3) is 0 Å². The minimum atomic E-state index is -0.00610. The van der Waals surface area contributed by atoms with Crippen LogP contribution < -0.4 is 5.32 Å². The van der Waals surface area contributed by atoms with Gasteiger partial charge in [0.15, 0.2) is 0 Å². The predicted molar refractivity (Wildman–Crippen MR) is 79.5 cm³/mol. The Morgan fingerprint density at radius 3 is 2.86 bits per heavy atom. The lowest BCUT2D eigenvalue weighted by Gasteiger charge is -2.20. The largest absolute Gasteiger partial charge is 0.501 e. The molecule has 3 rings (SSSR count). The van der Waals surface area contributed by atoms with Gasteiger partial charge in [0, 0.05) is 19.1 Å². The van der Waals surface area contributed by atoms with Crippen LogP contribution in [0.25, 0.3) is 0 Å². The normalized spacial score (nSPS) is 25.0. The fraction of sp³-hybridized carbons (Fsp3) is 0.471. The van der Waals surface area contributed by atoms with Crippen LogP contribution in [0.5, 0.6) is 0 Å². The lowest BCUT2D eigenvalue weighted by atomic mass is 9.95. The molecular formula is C17H21NO3. The van der Waals surface area contributed by atoms with E-state index in [2.05, 4.69) is 17.4 Å². The van der Waals surface area contributed by atoms with Crippen molar-refractivity contribution in [1.82, 2.24) is 5.32 Å². The first-order valence-electron chi connectivity index (χ1n) is 7.60. The molecule has 2 heterocycles. The molecule has 21 heavy (non-hydrogen) atoms. The summed E-state index contributed by atoms with van der Waals surface area (Å²) in [6.07, 6.45) is 4.38. The van der Waals surface area contributed by atoms with Gasteiger partial charge in [-0.3, -0.25) is 4.79 Å². The SMILES string of the molecule is O=C(NC[C@H]1CCO[C@@H]1c1ccccc1)C1=COCCC1. The Labute approximate surface area is 125 Å². The van der Waals surface area contributed by atoms with E-state index in [0.29, 0.717) is 19.1 Å². The summed E-state index contributed by atoms with van der Waals surface area (Å²) in [7, 11) is 0. The minimum Gasteiger partial charge on any atom is -0.501 e. The number of amides is 1. The molecule has 0 aromatic heterocycles. The van der Waals surface area contributed by atoms with Crippen LogP contribution in [0.1, 0.15) is 30.9 Å². The van der Waals surface area contributed by atoms with Gasteiger partial charge in [-0.15, -0.1) is 0 Å². The van der Waals surface area contributed by atoms with E-state index in [0.717, 1.165) is 31.4 Å². The first-order valence-corrected chi connectivity index (χ1v) is 7.60. The van der Waals surface area contributed by atoms with Crippen molar-refractivity contribution in [2.75, 3.05) is 19.8 Å². The van der Waals surface area contributed by atoms with Crippen LogP contribution in [0.15, 0.2) is 42.2 Å². The Bertz CT molecular complexity index is 512. The second kappa shape index (κ2) is 6.76. The van der Waals surface area contributed by atoms with Gasteiger partial charge >= 0.3 is 0 Å². The van der Waals surface area contributed by atoms with Gasteiger partial charge in [0.2, 0.25) is 5.91 Å². The van der Waals surface area contributed by atoms with Crippen molar-refractivity contribution >= 4 is 5.91 Å². The Hall–Kier alpha value is -1.81. The molecule has 1 saturated heterocycles. The van der Waals surface area contributed by atoms with Gasteiger partial charge in [-0.1, -0.05) is 30.3 Å². The van der Waals surface area contributed by atoms with Crippen LogP contribution in [0.3, 0.4) is 0 Å². The number of nitrogens with one attached hydrogen (secondary N) is 1. The molecule has 0 unspecified atom stereocenters. The Morgan fingerprint density at radius 1 is 1.24 bits per heavy atom. The summed E-state index contributed by atoms with van der Waals surface area (Å²) in [5.74, 6) is 0.329. The van der Waals surface area contributed by atoms with Gasteiger partial charge < -0.3 is 14.8 Å². The van der Waals surface area contributed by atoms with Crippen LogP contribution in [0.4, 0.5) is 0 Å². The summed E-state index contributed by atoms with van der Waals surface area (Å²) in [6, 6.07) is 10.2. The smallest absolute Gasteiger partial charge is 0.250 e. The molecule has 0 saturated carbocycles. The maximum Gasteiger partial charge on any atom is 0.250 e. The second-order valence-corrected chi connectivity index (χ2v) is 5.58. The molecule has 112 valence electrons. The Balaban J connectivity index is 1.57. The molecule has 0 radical (unpaired) electrons. The first kappa shape index (κ1) is 14.1. The highest BCUT2D eigenvalue weighted by atomic mass is 16.5. The van der Waals surface area contributed by atoms with Gasteiger partial charge in [-0.05, 0) is 24.8 Å². The van der Waals surface area contributed by atoms with Crippen molar-refractivity contribution in [3.63, 3.8) is 0 Å². The van der Waals surface area contributed by atoms with Gasteiger partial charge in [-0.25, -0.2) is 0 Å². The molecule has 1 N–H and O–H groups in total. The zero-order chi connectivity index (χ0) is 14.5. The van der Waals surface area contributed by atoms with Crippen LogP contribution >= 0.6 is 0 Å². The zero-order valence-electron chi connectivity index (χ0n) is 12.1. The van der Waals surface area contributed by atoms with Crippen molar-refractivity contribution in [3.8, 4) is 0 Å². The maximum atomic E-state index is 12.1. The highest BCUT2D eigenvalue weighted by Crippen LogP contribution is 2.33. The number of hydrogen-bond acceptors (Lipinski definition) is 3. The molecule has 0 bridgehead atoms. The lowest BCUT2D eigenvalue weighted by Crippen LogP contribution is -2.32. The van der Waals surface area contributed by atoms with E-state index in [1.807, 2.05) is 18.2 Å². The van der Waals surface area contributed by atoms with E-state index < -0.39 is 0 Å². The summed E-state index contributed by atoms with van der Waals surface area (Å²) >= 11 is 0. The number of ether oxygens (including phenoxy) is 2.